The molecule has 0 aliphatic rings. The van der Waals surface area contributed by atoms with Crippen molar-refractivity contribution in [3.05, 3.63) is 41.6 Å². The summed E-state index contributed by atoms with van der Waals surface area (Å²) in [6, 6.07) is 9.99. The summed E-state index contributed by atoms with van der Waals surface area (Å²) >= 11 is 0. The first-order valence-electron chi connectivity index (χ1n) is 7.02. The van der Waals surface area contributed by atoms with Gasteiger partial charge in [-0.25, -0.2) is 0 Å². The quantitative estimate of drug-likeness (QED) is 0.901. The number of pyridine rings is 1. The first-order valence-corrected chi connectivity index (χ1v) is 7.02. The van der Waals surface area contributed by atoms with E-state index in [4.69, 9.17) is 4.74 Å². The minimum Gasteiger partial charge on any atom is -0.388 e. The van der Waals surface area contributed by atoms with E-state index in [0.29, 0.717) is 6.42 Å². The van der Waals surface area contributed by atoms with Crippen molar-refractivity contribution in [3.8, 4) is 0 Å². The maximum atomic E-state index is 10.3. The molecule has 3 heteroatoms. The van der Waals surface area contributed by atoms with Gasteiger partial charge in [0, 0.05) is 18.2 Å². The largest absolute Gasteiger partial charge is 0.388 e. The van der Waals surface area contributed by atoms with Gasteiger partial charge in [0.05, 0.1) is 17.2 Å². The Morgan fingerprint density at radius 2 is 2.00 bits per heavy atom. The fourth-order valence-corrected chi connectivity index (χ4v) is 2.21. The molecule has 2 aromatic rings. The van der Waals surface area contributed by atoms with Gasteiger partial charge in [0.15, 0.2) is 0 Å². The van der Waals surface area contributed by atoms with Crippen molar-refractivity contribution in [2.75, 3.05) is 7.11 Å². The molecule has 0 bridgehead atoms. The summed E-state index contributed by atoms with van der Waals surface area (Å²) in [7, 11) is 1.70. The van der Waals surface area contributed by atoms with Crippen LogP contribution in [0.25, 0.3) is 10.9 Å². The van der Waals surface area contributed by atoms with E-state index in [-0.39, 0.29) is 5.60 Å². The molecule has 1 atom stereocenters. The molecule has 3 nitrogen and oxygen atoms in total. The third kappa shape index (κ3) is 3.56. The lowest BCUT2D eigenvalue weighted by molar-refractivity contribution is 0.00280. The number of fused-ring (bicyclic) bond motifs is 1. The predicted octanol–water partition coefficient (Wildman–Crippen LogP) is 3.78. The van der Waals surface area contributed by atoms with Crippen molar-refractivity contribution in [1.82, 2.24) is 4.98 Å². The van der Waals surface area contributed by atoms with Crippen LogP contribution in [-0.4, -0.2) is 22.8 Å². The fourth-order valence-electron chi connectivity index (χ4n) is 2.21. The van der Waals surface area contributed by atoms with Gasteiger partial charge >= 0.3 is 0 Å². The van der Waals surface area contributed by atoms with E-state index in [2.05, 4.69) is 4.98 Å². The highest BCUT2D eigenvalue weighted by Crippen LogP contribution is 2.26. The number of aliphatic hydroxyl groups is 1. The zero-order chi connectivity index (χ0) is 14.8. The number of aliphatic hydroxyl groups excluding tert-OH is 1. The highest BCUT2D eigenvalue weighted by molar-refractivity contribution is 5.79. The van der Waals surface area contributed by atoms with Crippen molar-refractivity contribution in [2.24, 2.45) is 0 Å². The molecule has 0 saturated heterocycles. The highest BCUT2D eigenvalue weighted by atomic mass is 16.5. The Labute approximate surface area is 120 Å². The second-order valence-electron chi connectivity index (χ2n) is 5.92. The number of benzene rings is 1. The van der Waals surface area contributed by atoms with E-state index in [1.54, 1.807) is 7.11 Å². The maximum absolute atomic E-state index is 10.3. The molecule has 0 fully saturated rings. The highest BCUT2D eigenvalue weighted by Gasteiger charge is 2.19. The van der Waals surface area contributed by atoms with Crippen LogP contribution in [0.5, 0.6) is 0 Å². The van der Waals surface area contributed by atoms with Crippen LogP contribution in [0.15, 0.2) is 30.3 Å². The molecule has 1 unspecified atom stereocenters. The Kier molecular flexibility index (Phi) is 4.41. The van der Waals surface area contributed by atoms with Crippen molar-refractivity contribution in [3.63, 3.8) is 0 Å². The second-order valence-corrected chi connectivity index (χ2v) is 5.92. The molecule has 0 saturated carbocycles. The topological polar surface area (TPSA) is 42.4 Å². The Hall–Kier alpha value is -1.45. The zero-order valence-electron chi connectivity index (χ0n) is 12.7. The molecule has 20 heavy (non-hydrogen) atoms. The first kappa shape index (κ1) is 14.9. The average molecular weight is 273 g/mol. The molecule has 1 aromatic carbocycles. The summed E-state index contributed by atoms with van der Waals surface area (Å²) < 4.78 is 5.39. The standard InChI is InChI=1S/C17H23NO2/c1-12-5-6-13-11-14(7-8-15(13)18-12)16(19)9-10-17(2,3)20-4/h5-8,11,16,19H,9-10H2,1-4H3. The predicted molar refractivity (Wildman–Crippen MR) is 81.8 cm³/mol. The summed E-state index contributed by atoms with van der Waals surface area (Å²) in [5.74, 6) is 0. The first-order chi connectivity index (χ1) is 9.41. The summed E-state index contributed by atoms with van der Waals surface area (Å²) in [6.45, 7) is 6.05. The lowest BCUT2D eigenvalue weighted by Gasteiger charge is -2.24. The van der Waals surface area contributed by atoms with Gasteiger partial charge in [-0.05, 0) is 57.4 Å². The Balaban J connectivity index is 2.14. The smallest absolute Gasteiger partial charge is 0.0791 e. The van der Waals surface area contributed by atoms with Gasteiger partial charge in [0.1, 0.15) is 0 Å². The van der Waals surface area contributed by atoms with Gasteiger partial charge in [-0.15, -0.1) is 0 Å². The van der Waals surface area contributed by atoms with Crippen LogP contribution in [-0.2, 0) is 4.74 Å². The summed E-state index contributed by atoms with van der Waals surface area (Å²) in [4.78, 5) is 4.47. The third-order valence-electron chi connectivity index (χ3n) is 3.81. The minimum absolute atomic E-state index is 0.198. The molecular formula is C17H23NO2. The number of aromatic nitrogens is 1. The molecular weight excluding hydrogens is 250 g/mol. The molecule has 0 amide bonds. The van der Waals surface area contributed by atoms with Gasteiger partial charge in [-0.3, -0.25) is 4.98 Å². The van der Waals surface area contributed by atoms with Gasteiger partial charge in [0.25, 0.3) is 0 Å². The Morgan fingerprint density at radius 3 is 2.70 bits per heavy atom. The van der Waals surface area contributed by atoms with E-state index in [0.717, 1.165) is 28.6 Å². The Morgan fingerprint density at radius 1 is 1.25 bits per heavy atom. The Bertz CT molecular complexity index is 593. The van der Waals surface area contributed by atoms with Crippen LogP contribution < -0.4 is 0 Å². The fraction of sp³-hybridized carbons (Fsp3) is 0.471. The van der Waals surface area contributed by atoms with Crippen molar-refractivity contribution in [1.29, 1.82) is 0 Å². The van der Waals surface area contributed by atoms with E-state index >= 15 is 0 Å². The van der Waals surface area contributed by atoms with Crippen LogP contribution in [0.3, 0.4) is 0 Å². The average Bonchev–Trinajstić information content (AvgIpc) is 2.44. The minimum atomic E-state index is -0.463. The summed E-state index contributed by atoms with van der Waals surface area (Å²) in [6.07, 6.45) is 1.04. The van der Waals surface area contributed by atoms with Crippen molar-refractivity contribution >= 4 is 10.9 Å². The number of methoxy groups -OCH3 is 1. The number of hydrogen-bond acceptors (Lipinski definition) is 3. The van der Waals surface area contributed by atoms with Crippen molar-refractivity contribution in [2.45, 2.75) is 45.3 Å². The van der Waals surface area contributed by atoms with Crippen LogP contribution >= 0.6 is 0 Å². The van der Waals surface area contributed by atoms with Gasteiger partial charge in [-0.2, -0.15) is 0 Å². The number of aryl methyl sites for hydroxylation is 1. The molecule has 1 heterocycles. The van der Waals surface area contributed by atoms with E-state index in [1.807, 2.05) is 51.1 Å². The van der Waals surface area contributed by atoms with Crippen LogP contribution in [0.4, 0.5) is 0 Å². The number of nitrogens with zero attached hydrogens (tertiary/aromatic N) is 1. The number of ether oxygens (including phenoxy) is 1. The van der Waals surface area contributed by atoms with Gasteiger partial charge in [0.2, 0.25) is 0 Å². The maximum Gasteiger partial charge on any atom is 0.0791 e. The normalized spacial score (nSPS) is 13.7. The molecule has 2 rings (SSSR count). The molecule has 0 radical (unpaired) electrons. The van der Waals surface area contributed by atoms with Gasteiger partial charge < -0.3 is 9.84 Å². The summed E-state index contributed by atoms with van der Waals surface area (Å²) in [5.41, 5.74) is 2.72. The second kappa shape index (κ2) is 5.90. The molecule has 1 N–H and O–H groups in total. The van der Waals surface area contributed by atoms with Crippen LogP contribution in [0.1, 0.15) is 44.1 Å². The van der Waals surface area contributed by atoms with Crippen LogP contribution in [0.2, 0.25) is 0 Å². The number of hydrogen-bond donors (Lipinski definition) is 1. The van der Waals surface area contributed by atoms with E-state index < -0.39 is 6.10 Å². The molecule has 0 spiro atoms. The molecule has 0 aliphatic carbocycles. The lowest BCUT2D eigenvalue weighted by atomic mass is 9.96. The number of rotatable bonds is 5. The van der Waals surface area contributed by atoms with Crippen molar-refractivity contribution < 1.29 is 9.84 Å². The monoisotopic (exact) mass is 273 g/mol. The van der Waals surface area contributed by atoms with Gasteiger partial charge in [-0.1, -0.05) is 12.1 Å². The summed E-state index contributed by atoms with van der Waals surface area (Å²) in [5, 5.41) is 11.4. The van der Waals surface area contributed by atoms with E-state index in [1.165, 1.54) is 0 Å². The molecule has 1 aromatic heterocycles. The van der Waals surface area contributed by atoms with Crippen LogP contribution in [0, 0.1) is 6.92 Å². The molecule has 108 valence electrons. The molecule has 0 aliphatic heterocycles. The zero-order valence-corrected chi connectivity index (χ0v) is 12.7. The SMILES string of the molecule is COC(C)(C)CCC(O)c1ccc2nc(C)ccc2c1. The third-order valence-corrected chi connectivity index (χ3v) is 3.81. The van der Waals surface area contributed by atoms with E-state index in [9.17, 15) is 5.11 Å². The lowest BCUT2D eigenvalue weighted by Crippen LogP contribution is -2.23.